The van der Waals surface area contributed by atoms with E-state index in [4.69, 9.17) is 15.2 Å². The lowest BCUT2D eigenvalue weighted by atomic mass is 10.0. The Morgan fingerprint density at radius 3 is 2.58 bits per heavy atom. The molecular formula is C13H14BrN3O2. The molecule has 1 heterocycles. The maximum atomic E-state index is 6.23. The van der Waals surface area contributed by atoms with Crippen LogP contribution in [0.5, 0.6) is 11.8 Å². The lowest BCUT2D eigenvalue weighted by molar-refractivity contribution is 0.355. The molecule has 0 spiro atoms. The third-order valence-corrected chi connectivity index (χ3v) is 3.40. The van der Waals surface area contributed by atoms with Crippen molar-refractivity contribution in [3.63, 3.8) is 0 Å². The Morgan fingerprint density at radius 1 is 1.21 bits per heavy atom. The fourth-order valence-electron chi connectivity index (χ4n) is 1.70. The van der Waals surface area contributed by atoms with Gasteiger partial charge in [0.15, 0.2) is 0 Å². The first-order chi connectivity index (χ1) is 9.17. The van der Waals surface area contributed by atoms with Gasteiger partial charge in [0.1, 0.15) is 5.69 Å². The smallest absolute Gasteiger partial charge is 0.240 e. The lowest BCUT2D eigenvalue weighted by Crippen LogP contribution is -2.16. The number of halogens is 1. The van der Waals surface area contributed by atoms with E-state index in [0.717, 1.165) is 10.0 Å². The van der Waals surface area contributed by atoms with Crippen molar-refractivity contribution in [2.24, 2.45) is 5.73 Å². The number of ether oxygens (including phenoxy) is 2. The second-order valence-corrected chi connectivity index (χ2v) is 4.66. The van der Waals surface area contributed by atoms with Crippen LogP contribution in [0.15, 0.2) is 34.9 Å². The van der Waals surface area contributed by atoms with Crippen LogP contribution in [-0.4, -0.2) is 24.2 Å². The van der Waals surface area contributed by atoms with Gasteiger partial charge in [0.25, 0.3) is 0 Å². The van der Waals surface area contributed by atoms with Crippen molar-refractivity contribution in [3.05, 3.63) is 46.2 Å². The van der Waals surface area contributed by atoms with Crippen molar-refractivity contribution in [1.82, 2.24) is 9.97 Å². The zero-order valence-corrected chi connectivity index (χ0v) is 12.2. The highest BCUT2D eigenvalue weighted by Crippen LogP contribution is 2.30. The minimum Gasteiger partial charge on any atom is -0.480 e. The summed E-state index contributed by atoms with van der Waals surface area (Å²) < 4.78 is 11.2. The van der Waals surface area contributed by atoms with Gasteiger partial charge in [-0.15, -0.1) is 0 Å². The van der Waals surface area contributed by atoms with Crippen LogP contribution in [0, 0.1) is 0 Å². The van der Waals surface area contributed by atoms with Crippen LogP contribution in [0.25, 0.3) is 0 Å². The van der Waals surface area contributed by atoms with E-state index in [2.05, 4.69) is 25.9 Å². The van der Waals surface area contributed by atoms with Crippen molar-refractivity contribution < 1.29 is 9.47 Å². The van der Waals surface area contributed by atoms with Gasteiger partial charge in [-0.2, -0.15) is 4.98 Å². The van der Waals surface area contributed by atoms with Gasteiger partial charge in [0.2, 0.25) is 11.8 Å². The van der Waals surface area contributed by atoms with E-state index in [9.17, 15) is 0 Å². The van der Waals surface area contributed by atoms with Gasteiger partial charge in [0, 0.05) is 4.47 Å². The Labute approximate surface area is 119 Å². The van der Waals surface area contributed by atoms with Crippen molar-refractivity contribution in [2.75, 3.05) is 14.2 Å². The number of methoxy groups -OCH3 is 2. The number of nitrogens with zero attached hydrogens (tertiary/aromatic N) is 2. The van der Waals surface area contributed by atoms with Crippen LogP contribution in [-0.2, 0) is 0 Å². The number of hydrogen-bond acceptors (Lipinski definition) is 5. The first kappa shape index (κ1) is 13.8. The summed E-state index contributed by atoms with van der Waals surface area (Å²) in [5.41, 5.74) is 7.71. The largest absolute Gasteiger partial charge is 0.480 e. The molecule has 0 amide bonds. The SMILES string of the molecule is COc1cnc(C(N)c2ccccc2Br)c(OC)n1. The van der Waals surface area contributed by atoms with Crippen LogP contribution in [0.2, 0.25) is 0 Å². The molecule has 2 N–H and O–H groups in total. The molecule has 0 radical (unpaired) electrons. The van der Waals surface area contributed by atoms with E-state index in [1.807, 2.05) is 24.3 Å². The number of nitrogens with two attached hydrogens (primary N) is 1. The Kier molecular flexibility index (Phi) is 4.34. The second kappa shape index (κ2) is 5.99. The average molecular weight is 324 g/mol. The van der Waals surface area contributed by atoms with E-state index >= 15 is 0 Å². The summed E-state index contributed by atoms with van der Waals surface area (Å²) in [4.78, 5) is 8.46. The standard InChI is InChI=1S/C13H14BrN3O2/c1-18-10-7-16-12(13(17-10)19-2)11(15)8-5-3-4-6-9(8)14/h3-7,11H,15H2,1-2H3. The first-order valence-electron chi connectivity index (χ1n) is 5.62. The molecule has 1 unspecified atom stereocenters. The molecule has 0 bridgehead atoms. The summed E-state index contributed by atoms with van der Waals surface area (Å²) in [7, 11) is 3.05. The maximum Gasteiger partial charge on any atom is 0.240 e. The fourth-order valence-corrected chi connectivity index (χ4v) is 2.23. The molecule has 2 rings (SSSR count). The molecule has 100 valence electrons. The highest BCUT2D eigenvalue weighted by Gasteiger charge is 2.19. The first-order valence-corrected chi connectivity index (χ1v) is 6.41. The summed E-state index contributed by atoms with van der Waals surface area (Å²) in [5, 5.41) is 0. The lowest BCUT2D eigenvalue weighted by Gasteiger charge is -2.15. The summed E-state index contributed by atoms with van der Waals surface area (Å²) in [5.74, 6) is 0.752. The minimum atomic E-state index is -0.427. The summed E-state index contributed by atoms with van der Waals surface area (Å²) in [6, 6.07) is 7.28. The highest BCUT2D eigenvalue weighted by atomic mass is 79.9. The summed E-state index contributed by atoms with van der Waals surface area (Å²) in [6.07, 6.45) is 1.52. The molecule has 5 nitrogen and oxygen atoms in total. The van der Waals surface area contributed by atoms with E-state index in [1.165, 1.54) is 20.4 Å². The van der Waals surface area contributed by atoms with E-state index in [1.54, 1.807) is 0 Å². The van der Waals surface area contributed by atoms with Gasteiger partial charge in [0.05, 0.1) is 26.5 Å². The second-order valence-electron chi connectivity index (χ2n) is 3.81. The van der Waals surface area contributed by atoms with Crippen LogP contribution in [0.1, 0.15) is 17.3 Å². The predicted molar refractivity (Wildman–Crippen MR) is 75.3 cm³/mol. The predicted octanol–water partition coefficient (Wildman–Crippen LogP) is 2.30. The van der Waals surface area contributed by atoms with Gasteiger partial charge >= 0.3 is 0 Å². The van der Waals surface area contributed by atoms with Crippen LogP contribution in [0.4, 0.5) is 0 Å². The van der Waals surface area contributed by atoms with Gasteiger partial charge < -0.3 is 15.2 Å². The van der Waals surface area contributed by atoms with Crippen LogP contribution < -0.4 is 15.2 Å². The van der Waals surface area contributed by atoms with E-state index < -0.39 is 6.04 Å². The van der Waals surface area contributed by atoms with Gasteiger partial charge in [-0.25, -0.2) is 4.98 Å². The Morgan fingerprint density at radius 2 is 1.95 bits per heavy atom. The van der Waals surface area contributed by atoms with Gasteiger partial charge in [-0.05, 0) is 11.6 Å². The highest BCUT2D eigenvalue weighted by molar-refractivity contribution is 9.10. The number of aromatic nitrogens is 2. The zero-order chi connectivity index (χ0) is 13.8. The molecule has 0 aliphatic rings. The van der Waals surface area contributed by atoms with E-state index in [-0.39, 0.29) is 0 Å². The normalized spacial score (nSPS) is 12.0. The molecule has 0 fully saturated rings. The maximum absolute atomic E-state index is 6.23. The Balaban J connectivity index is 2.44. The molecule has 19 heavy (non-hydrogen) atoms. The Hall–Kier alpha value is -1.66. The molecule has 1 aromatic carbocycles. The topological polar surface area (TPSA) is 70.3 Å². The van der Waals surface area contributed by atoms with Crippen LogP contribution in [0.3, 0.4) is 0 Å². The molecule has 0 saturated heterocycles. The number of benzene rings is 1. The fraction of sp³-hybridized carbons (Fsp3) is 0.231. The van der Waals surface area contributed by atoms with Crippen LogP contribution >= 0.6 is 15.9 Å². The summed E-state index contributed by atoms with van der Waals surface area (Å²) >= 11 is 3.48. The van der Waals surface area contributed by atoms with Crippen molar-refractivity contribution in [2.45, 2.75) is 6.04 Å². The molecule has 2 aromatic rings. The van der Waals surface area contributed by atoms with Gasteiger partial charge in [-0.1, -0.05) is 34.1 Å². The Bertz CT molecular complexity index is 578. The monoisotopic (exact) mass is 323 g/mol. The third kappa shape index (κ3) is 2.85. The number of rotatable bonds is 4. The molecule has 0 aliphatic carbocycles. The molecule has 1 aromatic heterocycles. The molecule has 1 atom stereocenters. The van der Waals surface area contributed by atoms with Crippen molar-refractivity contribution >= 4 is 15.9 Å². The molecular weight excluding hydrogens is 310 g/mol. The van der Waals surface area contributed by atoms with E-state index in [0.29, 0.717) is 17.5 Å². The van der Waals surface area contributed by atoms with Crippen molar-refractivity contribution in [3.8, 4) is 11.8 Å². The molecule has 6 heteroatoms. The quantitative estimate of drug-likeness (QED) is 0.934. The van der Waals surface area contributed by atoms with Gasteiger partial charge in [-0.3, -0.25) is 0 Å². The minimum absolute atomic E-state index is 0.364. The molecule has 0 aliphatic heterocycles. The number of hydrogen-bond donors (Lipinski definition) is 1. The average Bonchev–Trinajstić information content (AvgIpc) is 2.46. The zero-order valence-electron chi connectivity index (χ0n) is 10.6. The third-order valence-electron chi connectivity index (χ3n) is 2.68. The summed E-state index contributed by atoms with van der Waals surface area (Å²) in [6.45, 7) is 0. The van der Waals surface area contributed by atoms with Crippen molar-refractivity contribution in [1.29, 1.82) is 0 Å². The molecule has 0 saturated carbocycles.